The molecule has 1 unspecified atom stereocenters. The van der Waals surface area contributed by atoms with E-state index in [9.17, 15) is 9.90 Å². The van der Waals surface area contributed by atoms with Crippen LogP contribution in [0.4, 0.5) is 0 Å². The molecule has 80 valence electrons. The highest BCUT2D eigenvalue weighted by atomic mass is 16.5. The Kier molecular flexibility index (Phi) is 2.49. The summed E-state index contributed by atoms with van der Waals surface area (Å²) in [4.78, 5) is 13.0. The van der Waals surface area contributed by atoms with Crippen LogP contribution in [0.3, 0.4) is 0 Å². The SMILES string of the molecule is CC(=O)O[C@H]1C[C@H]2CC(O)[C@H](C1)N2C. The lowest BCUT2D eigenvalue weighted by Gasteiger charge is -2.35. The van der Waals surface area contributed by atoms with Gasteiger partial charge in [-0.05, 0) is 13.5 Å². The van der Waals surface area contributed by atoms with Gasteiger partial charge in [0.1, 0.15) is 6.10 Å². The van der Waals surface area contributed by atoms with Gasteiger partial charge in [0.25, 0.3) is 0 Å². The topological polar surface area (TPSA) is 49.8 Å². The predicted molar refractivity (Wildman–Crippen MR) is 50.8 cm³/mol. The number of likely N-dealkylation sites (N-methyl/N-ethyl adjacent to an activating group) is 1. The van der Waals surface area contributed by atoms with Crippen LogP contribution in [0, 0.1) is 0 Å². The number of hydrogen-bond donors (Lipinski definition) is 1. The molecule has 0 amide bonds. The van der Waals surface area contributed by atoms with Gasteiger partial charge < -0.3 is 9.84 Å². The van der Waals surface area contributed by atoms with Crippen molar-refractivity contribution in [1.82, 2.24) is 4.90 Å². The molecule has 2 bridgehead atoms. The first-order chi connectivity index (χ1) is 6.58. The normalized spacial score (nSPS) is 42.5. The fourth-order valence-electron chi connectivity index (χ4n) is 2.73. The Morgan fingerprint density at radius 3 is 2.71 bits per heavy atom. The standard InChI is InChI=1S/C10H17NO3/c1-6(12)14-8-3-7-4-10(13)9(5-8)11(7)2/h7-10,13H,3-5H2,1-2H3/t7-,8-,9-,10?/m0/s1. The van der Waals surface area contributed by atoms with Crippen molar-refractivity contribution in [3.63, 3.8) is 0 Å². The summed E-state index contributed by atoms with van der Waals surface area (Å²) in [6.45, 7) is 1.44. The third-order valence-corrected chi connectivity index (χ3v) is 3.43. The molecule has 14 heavy (non-hydrogen) atoms. The maximum absolute atomic E-state index is 10.8. The Hall–Kier alpha value is -0.610. The monoisotopic (exact) mass is 199 g/mol. The molecular weight excluding hydrogens is 182 g/mol. The van der Waals surface area contributed by atoms with E-state index in [1.54, 1.807) is 0 Å². The van der Waals surface area contributed by atoms with E-state index in [1.165, 1.54) is 6.92 Å². The summed E-state index contributed by atoms with van der Waals surface area (Å²) in [6, 6.07) is 0.561. The van der Waals surface area contributed by atoms with Crippen LogP contribution < -0.4 is 0 Å². The lowest BCUT2D eigenvalue weighted by Crippen LogP contribution is -2.45. The minimum absolute atomic E-state index is 0.0100. The lowest BCUT2D eigenvalue weighted by atomic mass is 10.0. The van der Waals surface area contributed by atoms with Gasteiger partial charge in [-0.1, -0.05) is 0 Å². The van der Waals surface area contributed by atoms with Crippen molar-refractivity contribution in [3.05, 3.63) is 0 Å². The first kappa shape index (κ1) is 9.93. The van der Waals surface area contributed by atoms with E-state index in [0.29, 0.717) is 6.04 Å². The van der Waals surface area contributed by atoms with Gasteiger partial charge in [0.05, 0.1) is 6.10 Å². The van der Waals surface area contributed by atoms with Gasteiger partial charge in [-0.3, -0.25) is 9.69 Å². The van der Waals surface area contributed by atoms with Gasteiger partial charge in [0.15, 0.2) is 0 Å². The molecular formula is C10H17NO3. The van der Waals surface area contributed by atoms with Crippen molar-refractivity contribution in [2.24, 2.45) is 0 Å². The number of nitrogens with zero attached hydrogens (tertiary/aromatic N) is 1. The maximum Gasteiger partial charge on any atom is 0.302 e. The number of hydrogen-bond acceptors (Lipinski definition) is 4. The molecule has 4 heteroatoms. The zero-order valence-electron chi connectivity index (χ0n) is 8.64. The van der Waals surface area contributed by atoms with E-state index in [2.05, 4.69) is 4.90 Å². The van der Waals surface area contributed by atoms with E-state index in [1.807, 2.05) is 7.05 Å². The van der Waals surface area contributed by atoms with Crippen LogP contribution in [-0.2, 0) is 9.53 Å². The summed E-state index contributed by atoms with van der Waals surface area (Å²) in [6.07, 6.45) is 2.22. The molecule has 1 N–H and O–H groups in total. The van der Waals surface area contributed by atoms with Crippen LogP contribution in [0.1, 0.15) is 26.2 Å². The number of aliphatic hydroxyl groups excluding tert-OH is 1. The number of piperidine rings is 1. The average molecular weight is 199 g/mol. The van der Waals surface area contributed by atoms with Crippen LogP contribution in [0.2, 0.25) is 0 Å². The number of carbonyl (C=O) groups excluding carboxylic acids is 1. The first-order valence-electron chi connectivity index (χ1n) is 5.15. The number of fused-ring (bicyclic) bond motifs is 2. The molecule has 0 aromatic heterocycles. The Balaban J connectivity index is 2.00. The van der Waals surface area contributed by atoms with Gasteiger partial charge >= 0.3 is 5.97 Å². The fraction of sp³-hybridized carbons (Fsp3) is 0.900. The second-order valence-corrected chi connectivity index (χ2v) is 4.39. The maximum atomic E-state index is 10.8. The Morgan fingerprint density at radius 1 is 1.43 bits per heavy atom. The van der Waals surface area contributed by atoms with E-state index in [0.717, 1.165) is 19.3 Å². The highest BCUT2D eigenvalue weighted by molar-refractivity contribution is 5.66. The molecule has 2 aliphatic heterocycles. The van der Waals surface area contributed by atoms with Crippen molar-refractivity contribution in [1.29, 1.82) is 0 Å². The Labute approximate surface area is 83.8 Å². The molecule has 0 radical (unpaired) electrons. The fourth-order valence-corrected chi connectivity index (χ4v) is 2.73. The molecule has 0 aromatic rings. The summed E-state index contributed by atoms with van der Waals surface area (Å²) < 4.78 is 5.19. The second kappa shape index (κ2) is 3.51. The highest BCUT2D eigenvalue weighted by Gasteiger charge is 2.45. The van der Waals surface area contributed by atoms with Crippen molar-refractivity contribution in [2.75, 3.05) is 7.05 Å². The van der Waals surface area contributed by atoms with E-state index in [-0.39, 0.29) is 24.2 Å². The number of carbonyl (C=O) groups is 1. The average Bonchev–Trinajstić information content (AvgIpc) is 2.29. The van der Waals surface area contributed by atoms with Crippen molar-refractivity contribution < 1.29 is 14.6 Å². The van der Waals surface area contributed by atoms with Crippen molar-refractivity contribution >= 4 is 5.97 Å². The van der Waals surface area contributed by atoms with Crippen molar-refractivity contribution in [2.45, 2.75) is 50.5 Å². The lowest BCUT2D eigenvalue weighted by molar-refractivity contribution is -0.149. The molecule has 0 saturated carbocycles. The highest BCUT2D eigenvalue weighted by Crippen LogP contribution is 2.35. The van der Waals surface area contributed by atoms with Gasteiger partial charge in [-0.2, -0.15) is 0 Å². The molecule has 4 nitrogen and oxygen atoms in total. The van der Waals surface area contributed by atoms with E-state index >= 15 is 0 Å². The minimum Gasteiger partial charge on any atom is -0.462 e. The first-order valence-corrected chi connectivity index (χ1v) is 5.15. The third-order valence-electron chi connectivity index (χ3n) is 3.43. The smallest absolute Gasteiger partial charge is 0.302 e. The molecule has 2 saturated heterocycles. The van der Waals surface area contributed by atoms with Crippen LogP contribution >= 0.6 is 0 Å². The Morgan fingerprint density at radius 2 is 2.14 bits per heavy atom. The molecule has 2 fully saturated rings. The molecule has 2 aliphatic rings. The Bertz CT molecular complexity index is 244. The summed E-state index contributed by atoms with van der Waals surface area (Å²) in [5.41, 5.74) is 0. The summed E-state index contributed by atoms with van der Waals surface area (Å²) in [7, 11) is 2.04. The van der Waals surface area contributed by atoms with Crippen LogP contribution in [-0.4, -0.2) is 47.3 Å². The van der Waals surface area contributed by atoms with Gasteiger partial charge in [-0.15, -0.1) is 0 Å². The summed E-state index contributed by atoms with van der Waals surface area (Å²) in [5, 5.41) is 9.74. The molecule has 0 spiro atoms. The largest absolute Gasteiger partial charge is 0.462 e. The van der Waals surface area contributed by atoms with Crippen LogP contribution in [0.25, 0.3) is 0 Å². The number of esters is 1. The summed E-state index contributed by atoms with van der Waals surface area (Å²) in [5.74, 6) is -0.214. The quantitative estimate of drug-likeness (QED) is 0.610. The van der Waals surface area contributed by atoms with Crippen LogP contribution in [0.15, 0.2) is 0 Å². The molecule has 0 aliphatic carbocycles. The van der Waals surface area contributed by atoms with Crippen molar-refractivity contribution in [3.8, 4) is 0 Å². The van der Waals surface area contributed by atoms with E-state index < -0.39 is 0 Å². The molecule has 2 rings (SSSR count). The number of aliphatic hydroxyl groups is 1. The minimum atomic E-state index is -0.245. The van der Waals surface area contributed by atoms with Gasteiger partial charge in [0, 0.05) is 31.8 Å². The van der Waals surface area contributed by atoms with Crippen LogP contribution in [0.5, 0.6) is 0 Å². The zero-order chi connectivity index (χ0) is 10.3. The third kappa shape index (κ3) is 1.64. The zero-order valence-corrected chi connectivity index (χ0v) is 8.64. The molecule has 0 aromatic carbocycles. The molecule has 4 atom stereocenters. The summed E-state index contributed by atoms with van der Waals surface area (Å²) >= 11 is 0. The predicted octanol–water partition coefficient (Wildman–Crippen LogP) is 0.145. The van der Waals surface area contributed by atoms with E-state index in [4.69, 9.17) is 4.74 Å². The number of rotatable bonds is 1. The number of ether oxygens (including phenoxy) is 1. The van der Waals surface area contributed by atoms with Gasteiger partial charge in [0.2, 0.25) is 0 Å². The van der Waals surface area contributed by atoms with Gasteiger partial charge in [-0.25, -0.2) is 0 Å². The molecule has 2 heterocycles. The second-order valence-electron chi connectivity index (χ2n) is 4.39.